The summed E-state index contributed by atoms with van der Waals surface area (Å²) in [7, 11) is 0. The first-order valence-corrected chi connectivity index (χ1v) is 11.1. The number of halogens is 2. The Morgan fingerprint density at radius 3 is 2.68 bits per heavy atom. The number of amides is 1. The molecule has 0 radical (unpaired) electrons. The second-order valence-electron chi connectivity index (χ2n) is 7.04. The van der Waals surface area contributed by atoms with E-state index in [1.54, 1.807) is 18.3 Å². The number of anilines is 1. The fraction of sp³-hybridized carbons (Fsp3) is 0.300. The van der Waals surface area contributed by atoms with Gasteiger partial charge in [0.25, 0.3) is 0 Å². The van der Waals surface area contributed by atoms with Crippen molar-refractivity contribution in [1.82, 2.24) is 24.1 Å². The van der Waals surface area contributed by atoms with Crippen LogP contribution in [0.4, 0.5) is 13.9 Å². The molecule has 4 rings (SSSR count). The Bertz CT molecular complexity index is 1250. The molecule has 0 aliphatic heterocycles. The quantitative estimate of drug-likeness (QED) is 0.427. The zero-order valence-electron chi connectivity index (χ0n) is 17.3. The molecular formula is C20H20F2N6OS2. The van der Waals surface area contributed by atoms with Crippen LogP contribution in [0.25, 0.3) is 22.0 Å². The van der Waals surface area contributed by atoms with E-state index >= 15 is 0 Å². The molecule has 7 nitrogen and oxygen atoms in total. The van der Waals surface area contributed by atoms with Gasteiger partial charge in [0.05, 0.1) is 21.3 Å². The standard InChI is InChI=1S/C20H20F2N6OS2/c1-10-7-14(15-9-30-13(4)25-15)12(3)28(10)8-16(29)26-20-24-11(2)17(31-20)18-23-5-6-27(18)19(21)22/h5-7,9,19H,8H2,1-4H3,(H,24,26,29). The average Bonchev–Trinajstić information content (AvgIpc) is 3.46. The van der Waals surface area contributed by atoms with E-state index in [-0.39, 0.29) is 18.3 Å². The number of aromatic nitrogens is 5. The lowest BCUT2D eigenvalue weighted by molar-refractivity contribution is -0.116. The Hall–Kier alpha value is -2.92. The van der Waals surface area contributed by atoms with Crippen LogP contribution in [0.15, 0.2) is 23.8 Å². The predicted molar refractivity (Wildman–Crippen MR) is 118 cm³/mol. The number of rotatable bonds is 6. The molecule has 0 atom stereocenters. The third-order valence-electron chi connectivity index (χ3n) is 4.90. The minimum Gasteiger partial charge on any atom is -0.339 e. The van der Waals surface area contributed by atoms with Crippen LogP contribution in [0.1, 0.15) is 28.6 Å². The molecule has 0 aliphatic rings. The van der Waals surface area contributed by atoms with Gasteiger partial charge in [-0.15, -0.1) is 11.3 Å². The van der Waals surface area contributed by atoms with Gasteiger partial charge in [-0.3, -0.25) is 9.36 Å². The van der Waals surface area contributed by atoms with Crippen LogP contribution in [0.5, 0.6) is 0 Å². The van der Waals surface area contributed by atoms with Crippen LogP contribution in [0.2, 0.25) is 0 Å². The lowest BCUT2D eigenvalue weighted by Gasteiger charge is -2.09. The Labute approximate surface area is 185 Å². The molecular weight excluding hydrogens is 442 g/mol. The first-order chi connectivity index (χ1) is 14.7. The van der Waals surface area contributed by atoms with Gasteiger partial charge in [0.2, 0.25) is 5.91 Å². The van der Waals surface area contributed by atoms with E-state index in [1.165, 1.54) is 12.4 Å². The van der Waals surface area contributed by atoms with Gasteiger partial charge in [-0.2, -0.15) is 8.78 Å². The van der Waals surface area contributed by atoms with Gasteiger partial charge in [0, 0.05) is 34.7 Å². The SMILES string of the molecule is Cc1nc(-c2cc(C)n(CC(=O)Nc3nc(C)c(-c4nccn4C(F)F)s3)c2C)cs1. The van der Waals surface area contributed by atoms with Crippen LogP contribution in [-0.2, 0) is 11.3 Å². The minimum absolute atomic E-state index is 0.112. The molecule has 0 saturated carbocycles. The molecule has 1 amide bonds. The highest BCUT2D eigenvalue weighted by Gasteiger charge is 2.20. The summed E-state index contributed by atoms with van der Waals surface area (Å²) in [6.07, 6.45) is 2.54. The van der Waals surface area contributed by atoms with Crippen molar-refractivity contribution in [2.24, 2.45) is 0 Å². The first kappa shape index (κ1) is 21.3. The van der Waals surface area contributed by atoms with Gasteiger partial charge in [-0.25, -0.2) is 15.0 Å². The minimum atomic E-state index is -2.70. The monoisotopic (exact) mass is 462 g/mol. The molecule has 31 heavy (non-hydrogen) atoms. The maximum absolute atomic E-state index is 13.2. The number of nitrogens with zero attached hydrogens (tertiary/aromatic N) is 5. The van der Waals surface area contributed by atoms with Crippen molar-refractivity contribution in [3.63, 3.8) is 0 Å². The molecule has 4 heterocycles. The van der Waals surface area contributed by atoms with Crippen LogP contribution >= 0.6 is 22.7 Å². The second-order valence-corrected chi connectivity index (χ2v) is 9.10. The Morgan fingerprint density at radius 2 is 2.00 bits per heavy atom. The number of carbonyl (C=O) groups excluding carboxylic acids is 1. The molecule has 0 saturated heterocycles. The summed E-state index contributed by atoms with van der Waals surface area (Å²) in [5, 5.41) is 6.12. The average molecular weight is 463 g/mol. The third-order valence-corrected chi connectivity index (χ3v) is 6.74. The summed E-state index contributed by atoms with van der Waals surface area (Å²) in [6.45, 7) is 4.97. The largest absolute Gasteiger partial charge is 0.339 e. The Kier molecular flexibility index (Phi) is 5.71. The summed E-state index contributed by atoms with van der Waals surface area (Å²) in [5.74, 6) is -0.119. The normalized spacial score (nSPS) is 11.5. The molecule has 11 heteroatoms. The lowest BCUT2D eigenvalue weighted by Crippen LogP contribution is -2.20. The molecule has 0 spiro atoms. The van der Waals surface area contributed by atoms with Crippen molar-refractivity contribution in [3.8, 4) is 22.0 Å². The highest BCUT2D eigenvalue weighted by atomic mass is 32.1. The van der Waals surface area contributed by atoms with Crippen LogP contribution < -0.4 is 5.32 Å². The fourth-order valence-corrected chi connectivity index (χ4v) is 4.99. The molecule has 0 unspecified atom stereocenters. The van der Waals surface area contributed by atoms with Crippen molar-refractivity contribution in [2.75, 3.05) is 5.32 Å². The summed E-state index contributed by atoms with van der Waals surface area (Å²) in [4.78, 5) is 26.1. The number of thiazole rings is 2. The Morgan fingerprint density at radius 1 is 1.23 bits per heavy atom. The van der Waals surface area contributed by atoms with E-state index in [0.29, 0.717) is 15.7 Å². The van der Waals surface area contributed by atoms with E-state index in [2.05, 4.69) is 20.3 Å². The molecule has 0 fully saturated rings. The zero-order valence-corrected chi connectivity index (χ0v) is 18.9. The summed E-state index contributed by atoms with van der Waals surface area (Å²) < 4.78 is 29.0. The van der Waals surface area contributed by atoms with Gasteiger partial charge in [-0.1, -0.05) is 11.3 Å². The molecule has 0 bridgehead atoms. The number of carbonyl (C=O) groups is 1. The van der Waals surface area contributed by atoms with Gasteiger partial charge < -0.3 is 9.88 Å². The smallest absolute Gasteiger partial charge is 0.320 e. The number of hydrogen-bond donors (Lipinski definition) is 1. The van der Waals surface area contributed by atoms with Crippen LogP contribution in [-0.4, -0.2) is 30.0 Å². The van der Waals surface area contributed by atoms with E-state index in [4.69, 9.17) is 0 Å². The van der Waals surface area contributed by atoms with Gasteiger partial charge in [0.1, 0.15) is 6.54 Å². The highest BCUT2D eigenvalue weighted by Crippen LogP contribution is 2.33. The maximum Gasteiger partial charge on any atom is 0.320 e. The molecule has 4 aromatic heterocycles. The predicted octanol–water partition coefficient (Wildman–Crippen LogP) is 5.20. The van der Waals surface area contributed by atoms with E-state index in [1.807, 2.05) is 36.8 Å². The van der Waals surface area contributed by atoms with Crippen LogP contribution in [0.3, 0.4) is 0 Å². The number of alkyl halides is 2. The lowest BCUT2D eigenvalue weighted by atomic mass is 10.2. The van der Waals surface area contributed by atoms with E-state index in [0.717, 1.165) is 43.6 Å². The molecule has 0 aromatic carbocycles. The summed E-state index contributed by atoms with van der Waals surface area (Å²) >= 11 is 2.71. The van der Waals surface area contributed by atoms with E-state index < -0.39 is 6.55 Å². The molecule has 0 aliphatic carbocycles. The topological polar surface area (TPSA) is 77.6 Å². The summed E-state index contributed by atoms with van der Waals surface area (Å²) in [5.41, 5.74) is 4.33. The van der Waals surface area contributed by atoms with Gasteiger partial charge >= 0.3 is 6.55 Å². The molecule has 162 valence electrons. The van der Waals surface area contributed by atoms with Crippen molar-refractivity contribution in [1.29, 1.82) is 0 Å². The van der Waals surface area contributed by atoms with Gasteiger partial charge in [-0.05, 0) is 33.8 Å². The molecule has 4 aromatic rings. The number of nitrogens with one attached hydrogen (secondary N) is 1. The number of hydrogen-bond acceptors (Lipinski definition) is 6. The second kappa shape index (κ2) is 8.31. The van der Waals surface area contributed by atoms with Crippen molar-refractivity contribution < 1.29 is 13.6 Å². The first-order valence-electron chi connectivity index (χ1n) is 9.42. The van der Waals surface area contributed by atoms with Crippen LogP contribution in [0, 0.1) is 27.7 Å². The number of imidazole rings is 1. The van der Waals surface area contributed by atoms with Gasteiger partial charge in [0.15, 0.2) is 11.0 Å². The van der Waals surface area contributed by atoms with Crippen molar-refractivity contribution in [3.05, 3.63) is 45.9 Å². The van der Waals surface area contributed by atoms with E-state index in [9.17, 15) is 13.6 Å². The maximum atomic E-state index is 13.2. The summed E-state index contributed by atoms with van der Waals surface area (Å²) in [6, 6.07) is 2.02. The Balaban J connectivity index is 1.53. The molecule has 1 N–H and O–H groups in total. The fourth-order valence-electron chi connectivity index (χ4n) is 3.40. The highest BCUT2D eigenvalue weighted by molar-refractivity contribution is 7.19. The van der Waals surface area contributed by atoms with Crippen molar-refractivity contribution >= 4 is 33.7 Å². The van der Waals surface area contributed by atoms with Crippen molar-refractivity contribution in [2.45, 2.75) is 40.8 Å². The number of aryl methyl sites for hydroxylation is 3. The zero-order chi connectivity index (χ0) is 22.3. The third kappa shape index (κ3) is 4.15.